The van der Waals surface area contributed by atoms with Crippen molar-refractivity contribution in [1.29, 1.82) is 0 Å². The fourth-order valence-corrected chi connectivity index (χ4v) is 2.85. The van der Waals surface area contributed by atoms with Crippen molar-refractivity contribution in [2.24, 2.45) is 0 Å². The van der Waals surface area contributed by atoms with E-state index in [-0.39, 0.29) is 27.4 Å². The third-order valence-corrected chi connectivity index (χ3v) is 4.08. The Balaban J connectivity index is 2.36. The van der Waals surface area contributed by atoms with Gasteiger partial charge in [-0.25, -0.2) is 13.4 Å². The molecule has 2 rings (SSSR count). The molecule has 1 aromatic carbocycles. The monoisotopic (exact) mass is 314 g/mol. The number of nitrogens with zero attached hydrogens (tertiary/aromatic N) is 2. The van der Waals surface area contributed by atoms with Crippen LogP contribution in [0.4, 0.5) is 11.4 Å². The van der Waals surface area contributed by atoms with Crippen LogP contribution in [0.5, 0.6) is 6.01 Å². The predicted octanol–water partition coefficient (Wildman–Crippen LogP) is 1.52. The number of hydrogen-bond donors (Lipinski definition) is 2. The van der Waals surface area contributed by atoms with Crippen molar-refractivity contribution in [3.8, 4) is 6.01 Å². The first kappa shape index (κ1) is 14.4. The molecule has 0 saturated heterocycles. The summed E-state index contributed by atoms with van der Waals surface area (Å²) in [6.45, 7) is 0. The van der Waals surface area contributed by atoms with Gasteiger partial charge in [-0.15, -0.1) is 0 Å². The van der Waals surface area contributed by atoms with Crippen molar-refractivity contribution in [2.75, 3.05) is 17.6 Å². The van der Waals surface area contributed by atoms with Crippen molar-refractivity contribution in [3.05, 3.63) is 35.6 Å². The lowest BCUT2D eigenvalue weighted by molar-refractivity contribution is 0.380. The molecule has 1 heterocycles. The van der Waals surface area contributed by atoms with E-state index in [1.54, 1.807) is 12.1 Å². The highest BCUT2D eigenvalue weighted by atomic mass is 35.5. The van der Waals surface area contributed by atoms with Crippen LogP contribution in [0, 0.1) is 0 Å². The number of hydrogen-bond acceptors (Lipinski definition) is 6. The van der Waals surface area contributed by atoms with Crippen molar-refractivity contribution < 1.29 is 13.2 Å². The molecule has 9 heteroatoms. The summed E-state index contributed by atoms with van der Waals surface area (Å²) in [7, 11) is -2.49. The summed E-state index contributed by atoms with van der Waals surface area (Å²) in [4.78, 5) is 7.50. The molecule has 20 heavy (non-hydrogen) atoms. The lowest BCUT2D eigenvalue weighted by Gasteiger charge is -2.10. The number of halogens is 1. The van der Waals surface area contributed by atoms with Crippen LogP contribution in [0.15, 0.2) is 35.4 Å². The topological polar surface area (TPSA) is 107 Å². The minimum absolute atomic E-state index is 0.0377. The Hall–Kier alpha value is -2.06. The summed E-state index contributed by atoms with van der Waals surface area (Å²) in [6, 6.07) is 6.11. The molecule has 0 spiro atoms. The lowest BCUT2D eigenvalue weighted by atomic mass is 10.3. The third-order valence-electron chi connectivity index (χ3n) is 2.36. The summed E-state index contributed by atoms with van der Waals surface area (Å²) in [5.74, 6) is 0. The number of anilines is 2. The van der Waals surface area contributed by atoms with Gasteiger partial charge in [0, 0.05) is 0 Å². The highest BCUT2D eigenvalue weighted by molar-refractivity contribution is 7.92. The third kappa shape index (κ3) is 2.91. The van der Waals surface area contributed by atoms with Crippen LogP contribution in [-0.4, -0.2) is 25.5 Å². The van der Waals surface area contributed by atoms with Crippen LogP contribution in [0.3, 0.4) is 0 Å². The fraction of sp³-hybridized carbons (Fsp3) is 0.0909. The highest BCUT2D eigenvalue weighted by Crippen LogP contribution is 2.25. The van der Waals surface area contributed by atoms with Crippen LogP contribution in [-0.2, 0) is 10.0 Å². The molecular weight excluding hydrogens is 304 g/mol. The lowest BCUT2D eigenvalue weighted by Crippen LogP contribution is -2.15. The van der Waals surface area contributed by atoms with E-state index in [0.717, 1.165) is 0 Å². The SMILES string of the molecule is COc1ncc(NS(=O)(=O)c2ccccc2N)c(Cl)n1. The number of aromatic nitrogens is 2. The van der Waals surface area contributed by atoms with Gasteiger partial charge in [0.1, 0.15) is 10.6 Å². The largest absolute Gasteiger partial charge is 0.467 e. The summed E-state index contributed by atoms with van der Waals surface area (Å²) < 4.78 is 31.4. The molecule has 0 unspecified atom stereocenters. The predicted molar refractivity (Wildman–Crippen MR) is 75.3 cm³/mol. The second kappa shape index (κ2) is 5.51. The number of rotatable bonds is 4. The van der Waals surface area contributed by atoms with Gasteiger partial charge < -0.3 is 10.5 Å². The van der Waals surface area contributed by atoms with E-state index in [0.29, 0.717) is 0 Å². The van der Waals surface area contributed by atoms with Gasteiger partial charge in [0.25, 0.3) is 10.0 Å². The fourth-order valence-electron chi connectivity index (χ4n) is 1.44. The number of methoxy groups -OCH3 is 1. The Morgan fingerprint density at radius 1 is 1.35 bits per heavy atom. The Morgan fingerprint density at radius 2 is 2.05 bits per heavy atom. The maximum Gasteiger partial charge on any atom is 0.317 e. The summed E-state index contributed by atoms with van der Waals surface area (Å²) in [5.41, 5.74) is 5.81. The molecule has 0 atom stereocenters. The van der Waals surface area contributed by atoms with E-state index in [4.69, 9.17) is 22.1 Å². The summed E-state index contributed by atoms with van der Waals surface area (Å²) in [5, 5.41) is -0.0741. The first-order valence-electron chi connectivity index (χ1n) is 5.38. The number of sulfonamides is 1. The Morgan fingerprint density at radius 3 is 2.65 bits per heavy atom. The van der Waals surface area contributed by atoms with E-state index in [1.807, 2.05) is 0 Å². The molecule has 0 aliphatic carbocycles. The van der Waals surface area contributed by atoms with Crippen molar-refractivity contribution in [2.45, 2.75) is 4.90 Å². The molecule has 0 aliphatic rings. The maximum absolute atomic E-state index is 12.2. The molecule has 0 bridgehead atoms. The van der Waals surface area contributed by atoms with Crippen LogP contribution < -0.4 is 15.2 Å². The Kier molecular flexibility index (Phi) is 3.96. The molecule has 0 radical (unpaired) electrons. The molecule has 1 aromatic heterocycles. The van der Waals surface area contributed by atoms with E-state index >= 15 is 0 Å². The van der Waals surface area contributed by atoms with Gasteiger partial charge in [-0.1, -0.05) is 23.7 Å². The molecule has 0 aliphatic heterocycles. The van der Waals surface area contributed by atoms with Gasteiger partial charge in [-0.2, -0.15) is 4.98 Å². The number of nitrogens with two attached hydrogens (primary N) is 1. The van der Waals surface area contributed by atoms with Crippen molar-refractivity contribution in [1.82, 2.24) is 9.97 Å². The second-order valence-corrected chi connectivity index (χ2v) is 5.71. The van der Waals surface area contributed by atoms with Crippen molar-refractivity contribution >= 4 is 33.0 Å². The zero-order valence-electron chi connectivity index (χ0n) is 10.4. The smallest absolute Gasteiger partial charge is 0.317 e. The van der Waals surface area contributed by atoms with Gasteiger partial charge >= 0.3 is 6.01 Å². The van der Waals surface area contributed by atoms with E-state index in [2.05, 4.69) is 14.7 Å². The van der Waals surface area contributed by atoms with Crippen LogP contribution >= 0.6 is 11.6 Å². The molecule has 7 nitrogen and oxygen atoms in total. The first-order chi connectivity index (χ1) is 9.44. The number of benzene rings is 1. The standard InChI is InChI=1S/C11H11ClN4O3S/c1-19-11-14-6-8(10(12)15-11)16-20(17,18)9-5-3-2-4-7(9)13/h2-6,16H,13H2,1H3. The minimum atomic E-state index is -3.87. The minimum Gasteiger partial charge on any atom is -0.467 e. The Labute approximate surface area is 120 Å². The van der Waals surface area contributed by atoms with Gasteiger partial charge in [-0.05, 0) is 12.1 Å². The van der Waals surface area contributed by atoms with E-state index in [9.17, 15) is 8.42 Å². The van der Waals surface area contributed by atoms with E-state index < -0.39 is 10.0 Å². The van der Waals surface area contributed by atoms with Crippen LogP contribution in [0.2, 0.25) is 5.15 Å². The average Bonchev–Trinajstić information content (AvgIpc) is 2.41. The van der Waals surface area contributed by atoms with Gasteiger partial charge in [0.05, 0.1) is 19.0 Å². The number of para-hydroxylation sites is 1. The van der Waals surface area contributed by atoms with Crippen molar-refractivity contribution in [3.63, 3.8) is 0 Å². The molecule has 2 aromatic rings. The average molecular weight is 315 g/mol. The molecule has 0 fully saturated rings. The molecule has 3 N–H and O–H groups in total. The Bertz CT molecular complexity index is 736. The maximum atomic E-state index is 12.2. The normalized spacial score (nSPS) is 11.1. The quantitative estimate of drug-likeness (QED) is 0.654. The van der Waals surface area contributed by atoms with Gasteiger partial charge in [0.2, 0.25) is 0 Å². The van der Waals surface area contributed by atoms with Gasteiger partial charge in [-0.3, -0.25) is 4.72 Å². The second-order valence-electron chi connectivity index (χ2n) is 3.70. The zero-order chi connectivity index (χ0) is 14.8. The number of nitrogens with one attached hydrogen (secondary N) is 1. The zero-order valence-corrected chi connectivity index (χ0v) is 11.9. The summed E-state index contributed by atoms with van der Waals surface area (Å²) in [6.07, 6.45) is 1.21. The number of nitrogen functional groups attached to an aromatic ring is 1. The first-order valence-corrected chi connectivity index (χ1v) is 7.24. The molecule has 106 valence electrons. The molecular formula is C11H11ClN4O3S. The molecule has 0 saturated carbocycles. The van der Waals surface area contributed by atoms with Crippen LogP contribution in [0.1, 0.15) is 0 Å². The summed E-state index contributed by atoms with van der Waals surface area (Å²) >= 11 is 5.85. The van der Waals surface area contributed by atoms with Gasteiger partial charge in [0.15, 0.2) is 5.15 Å². The number of ether oxygens (including phenoxy) is 1. The van der Waals surface area contributed by atoms with Crippen LogP contribution in [0.25, 0.3) is 0 Å². The molecule has 0 amide bonds. The highest BCUT2D eigenvalue weighted by Gasteiger charge is 2.19. The van der Waals surface area contributed by atoms with E-state index in [1.165, 1.54) is 25.4 Å².